The second-order valence-electron chi connectivity index (χ2n) is 4.79. The van der Waals surface area contributed by atoms with Gasteiger partial charge in [0.05, 0.1) is 0 Å². The van der Waals surface area contributed by atoms with Gasteiger partial charge >= 0.3 is 0 Å². The Bertz CT molecular complexity index is 309. The zero-order valence-corrected chi connectivity index (χ0v) is 10.8. The van der Waals surface area contributed by atoms with Crippen LogP contribution in [0.5, 0.6) is 0 Å². The van der Waals surface area contributed by atoms with E-state index in [2.05, 4.69) is 31.3 Å². The molecule has 1 aromatic carbocycles. The smallest absolute Gasteiger partial charge is 0.0471 e. The highest BCUT2D eigenvalue weighted by Crippen LogP contribution is 2.13. The van der Waals surface area contributed by atoms with Gasteiger partial charge in [0, 0.05) is 18.8 Å². The van der Waals surface area contributed by atoms with Crippen molar-refractivity contribution in [3.05, 3.63) is 29.8 Å². The number of aliphatic hydroxyl groups excluding tert-OH is 1. The molecule has 1 aromatic rings. The summed E-state index contributed by atoms with van der Waals surface area (Å²) >= 11 is 0. The van der Waals surface area contributed by atoms with Crippen LogP contribution in [0.4, 0.5) is 5.69 Å². The molecule has 3 nitrogen and oxygen atoms in total. The molecule has 0 fully saturated rings. The second kappa shape index (κ2) is 7.30. The lowest BCUT2D eigenvalue weighted by molar-refractivity contribution is 0.299. The van der Waals surface area contributed by atoms with Gasteiger partial charge in [-0.1, -0.05) is 26.0 Å². The van der Waals surface area contributed by atoms with Crippen LogP contribution in [0, 0.1) is 11.8 Å². The number of nitrogens with one attached hydrogen (secondary N) is 1. The molecular weight excluding hydrogens is 212 g/mol. The molecule has 1 unspecified atom stereocenters. The summed E-state index contributed by atoms with van der Waals surface area (Å²) in [6.07, 6.45) is 0.720. The first-order valence-electron chi connectivity index (χ1n) is 6.31. The molecule has 0 saturated heterocycles. The van der Waals surface area contributed by atoms with Crippen LogP contribution in [0.15, 0.2) is 24.3 Å². The SMILES string of the molecule is CC(C)C(CN)CNc1ccc(CCO)cc1. The molecule has 0 amide bonds. The van der Waals surface area contributed by atoms with E-state index in [1.54, 1.807) is 0 Å². The van der Waals surface area contributed by atoms with E-state index >= 15 is 0 Å². The fourth-order valence-electron chi connectivity index (χ4n) is 1.76. The Hall–Kier alpha value is -1.06. The van der Waals surface area contributed by atoms with Crippen LogP contribution in [-0.4, -0.2) is 24.8 Å². The number of nitrogens with two attached hydrogens (primary N) is 1. The Balaban J connectivity index is 2.46. The van der Waals surface area contributed by atoms with E-state index in [0.29, 0.717) is 18.4 Å². The highest BCUT2D eigenvalue weighted by Gasteiger charge is 2.10. The summed E-state index contributed by atoms with van der Waals surface area (Å²) in [6, 6.07) is 8.20. The van der Waals surface area contributed by atoms with Crippen molar-refractivity contribution in [2.24, 2.45) is 17.6 Å². The summed E-state index contributed by atoms with van der Waals surface area (Å²) < 4.78 is 0. The van der Waals surface area contributed by atoms with Crippen molar-refractivity contribution >= 4 is 5.69 Å². The number of anilines is 1. The molecule has 1 atom stereocenters. The van der Waals surface area contributed by atoms with Gasteiger partial charge < -0.3 is 16.2 Å². The molecule has 96 valence electrons. The van der Waals surface area contributed by atoms with Gasteiger partial charge in [-0.2, -0.15) is 0 Å². The zero-order chi connectivity index (χ0) is 12.7. The van der Waals surface area contributed by atoms with E-state index in [1.165, 1.54) is 0 Å². The minimum Gasteiger partial charge on any atom is -0.396 e. The predicted molar refractivity (Wildman–Crippen MR) is 73.1 cm³/mol. The van der Waals surface area contributed by atoms with Gasteiger partial charge in [-0.05, 0) is 42.5 Å². The molecule has 3 heteroatoms. The minimum absolute atomic E-state index is 0.204. The number of hydrogen-bond donors (Lipinski definition) is 3. The van der Waals surface area contributed by atoms with Gasteiger partial charge in [0.15, 0.2) is 0 Å². The standard InChI is InChI=1S/C14H24N2O/c1-11(2)13(9-15)10-16-14-5-3-12(4-6-14)7-8-17/h3-6,11,13,16-17H,7-10,15H2,1-2H3. The third-order valence-electron chi connectivity index (χ3n) is 3.17. The lowest BCUT2D eigenvalue weighted by atomic mass is 9.96. The summed E-state index contributed by atoms with van der Waals surface area (Å²) in [5.74, 6) is 1.10. The molecule has 0 saturated carbocycles. The van der Waals surface area contributed by atoms with Crippen LogP contribution in [-0.2, 0) is 6.42 Å². The molecule has 0 bridgehead atoms. The van der Waals surface area contributed by atoms with Crippen molar-refractivity contribution < 1.29 is 5.11 Å². The fraction of sp³-hybridized carbons (Fsp3) is 0.571. The quantitative estimate of drug-likeness (QED) is 0.677. The zero-order valence-electron chi connectivity index (χ0n) is 10.8. The molecule has 4 N–H and O–H groups in total. The molecule has 0 aliphatic heterocycles. The van der Waals surface area contributed by atoms with Gasteiger partial charge in [-0.15, -0.1) is 0 Å². The molecule has 0 aliphatic carbocycles. The maximum absolute atomic E-state index is 8.83. The largest absolute Gasteiger partial charge is 0.396 e. The van der Waals surface area contributed by atoms with Gasteiger partial charge in [0.1, 0.15) is 0 Å². The van der Waals surface area contributed by atoms with E-state index in [4.69, 9.17) is 10.8 Å². The number of benzene rings is 1. The molecular formula is C14H24N2O. The van der Waals surface area contributed by atoms with Crippen molar-refractivity contribution in [3.63, 3.8) is 0 Å². The summed E-state index contributed by atoms with van der Waals surface area (Å²) in [4.78, 5) is 0. The number of aliphatic hydroxyl groups is 1. The monoisotopic (exact) mass is 236 g/mol. The second-order valence-corrected chi connectivity index (χ2v) is 4.79. The Labute approximate surface area is 104 Å². The minimum atomic E-state index is 0.204. The Morgan fingerprint density at radius 2 is 1.88 bits per heavy atom. The van der Waals surface area contributed by atoms with Crippen LogP contribution >= 0.6 is 0 Å². The molecule has 0 aliphatic rings. The summed E-state index contributed by atoms with van der Waals surface area (Å²) in [5.41, 5.74) is 8.01. The van der Waals surface area contributed by atoms with Crippen LogP contribution in [0.3, 0.4) is 0 Å². The Morgan fingerprint density at radius 3 is 2.35 bits per heavy atom. The fourth-order valence-corrected chi connectivity index (χ4v) is 1.76. The maximum atomic E-state index is 8.83. The maximum Gasteiger partial charge on any atom is 0.0471 e. The highest BCUT2D eigenvalue weighted by atomic mass is 16.2. The number of hydrogen-bond acceptors (Lipinski definition) is 3. The average molecular weight is 236 g/mol. The van der Waals surface area contributed by atoms with Crippen LogP contribution in [0.2, 0.25) is 0 Å². The van der Waals surface area contributed by atoms with Gasteiger partial charge in [-0.25, -0.2) is 0 Å². The van der Waals surface area contributed by atoms with E-state index in [1.807, 2.05) is 12.1 Å². The van der Waals surface area contributed by atoms with E-state index in [9.17, 15) is 0 Å². The number of rotatable bonds is 7. The van der Waals surface area contributed by atoms with Crippen LogP contribution in [0.1, 0.15) is 19.4 Å². The first-order valence-corrected chi connectivity index (χ1v) is 6.31. The molecule has 1 rings (SSSR count). The van der Waals surface area contributed by atoms with Gasteiger partial charge in [-0.3, -0.25) is 0 Å². The summed E-state index contributed by atoms with van der Waals surface area (Å²) in [6.45, 7) is 6.23. The molecule has 0 aromatic heterocycles. The van der Waals surface area contributed by atoms with Crippen molar-refractivity contribution in [2.75, 3.05) is 25.0 Å². The predicted octanol–water partition coefficient (Wildman–Crippen LogP) is 1.86. The third-order valence-corrected chi connectivity index (χ3v) is 3.17. The Morgan fingerprint density at radius 1 is 1.24 bits per heavy atom. The Kier molecular flexibility index (Phi) is 6.01. The van der Waals surface area contributed by atoms with Gasteiger partial charge in [0.2, 0.25) is 0 Å². The normalized spacial score (nSPS) is 12.8. The van der Waals surface area contributed by atoms with Crippen LogP contribution in [0.25, 0.3) is 0 Å². The van der Waals surface area contributed by atoms with Crippen molar-refractivity contribution in [2.45, 2.75) is 20.3 Å². The molecule has 0 spiro atoms. The molecule has 0 radical (unpaired) electrons. The van der Waals surface area contributed by atoms with E-state index in [-0.39, 0.29) is 6.61 Å². The highest BCUT2D eigenvalue weighted by molar-refractivity contribution is 5.44. The average Bonchev–Trinajstić information content (AvgIpc) is 2.32. The van der Waals surface area contributed by atoms with Crippen LogP contribution < -0.4 is 11.1 Å². The lowest BCUT2D eigenvalue weighted by Gasteiger charge is -2.20. The lowest BCUT2D eigenvalue weighted by Crippen LogP contribution is -2.27. The molecule has 17 heavy (non-hydrogen) atoms. The van der Waals surface area contributed by atoms with Crippen molar-refractivity contribution in [1.82, 2.24) is 0 Å². The van der Waals surface area contributed by atoms with Crippen molar-refractivity contribution in [1.29, 1.82) is 0 Å². The van der Waals surface area contributed by atoms with Gasteiger partial charge in [0.25, 0.3) is 0 Å². The first kappa shape index (κ1) is 14.0. The third kappa shape index (κ3) is 4.75. The first-order chi connectivity index (χ1) is 8.17. The summed E-state index contributed by atoms with van der Waals surface area (Å²) in [7, 11) is 0. The van der Waals surface area contributed by atoms with E-state index < -0.39 is 0 Å². The van der Waals surface area contributed by atoms with E-state index in [0.717, 1.165) is 24.2 Å². The topological polar surface area (TPSA) is 58.3 Å². The molecule has 0 heterocycles. The summed E-state index contributed by atoms with van der Waals surface area (Å²) in [5, 5.41) is 12.2. The van der Waals surface area contributed by atoms with Crippen molar-refractivity contribution in [3.8, 4) is 0 Å².